The maximum atomic E-state index is 11.8. The molecule has 1 aromatic carbocycles. The number of aromatic nitrogens is 4. The van der Waals surface area contributed by atoms with E-state index in [1.54, 1.807) is 14.2 Å². The first kappa shape index (κ1) is 14.3. The van der Waals surface area contributed by atoms with Crippen molar-refractivity contribution in [2.75, 3.05) is 12.9 Å². The fraction of sp³-hybridized carbons (Fsp3) is 0.333. The molecule has 2 aromatic rings. The Balaban J connectivity index is 1.82. The Bertz CT molecular complexity index is 587. The van der Waals surface area contributed by atoms with Crippen molar-refractivity contribution >= 4 is 17.7 Å². The highest BCUT2D eigenvalue weighted by Crippen LogP contribution is 2.17. The second-order valence-electron chi connectivity index (χ2n) is 3.96. The second kappa shape index (κ2) is 6.90. The third-order valence-corrected chi connectivity index (χ3v) is 3.59. The van der Waals surface area contributed by atoms with E-state index in [1.165, 1.54) is 16.4 Å². The minimum Gasteiger partial charge on any atom is -0.496 e. The lowest BCUT2D eigenvalue weighted by atomic mass is 10.2. The van der Waals surface area contributed by atoms with Crippen LogP contribution in [0.2, 0.25) is 0 Å². The van der Waals surface area contributed by atoms with E-state index >= 15 is 0 Å². The van der Waals surface area contributed by atoms with Gasteiger partial charge in [0.2, 0.25) is 11.1 Å². The number of rotatable bonds is 6. The van der Waals surface area contributed by atoms with Gasteiger partial charge in [0.1, 0.15) is 5.75 Å². The van der Waals surface area contributed by atoms with E-state index in [4.69, 9.17) is 4.74 Å². The molecule has 0 unspecified atom stereocenters. The van der Waals surface area contributed by atoms with Crippen LogP contribution in [0.15, 0.2) is 29.4 Å². The van der Waals surface area contributed by atoms with Gasteiger partial charge >= 0.3 is 0 Å². The maximum Gasteiger partial charge on any atom is 0.230 e. The van der Waals surface area contributed by atoms with Gasteiger partial charge in [0.25, 0.3) is 0 Å². The summed E-state index contributed by atoms with van der Waals surface area (Å²) in [5, 5.41) is 14.5. The van der Waals surface area contributed by atoms with Crippen LogP contribution in [-0.2, 0) is 18.4 Å². The topological polar surface area (TPSA) is 81.9 Å². The molecule has 2 rings (SSSR count). The number of hydrogen-bond donors (Lipinski definition) is 1. The zero-order valence-corrected chi connectivity index (χ0v) is 12.1. The van der Waals surface area contributed by atoms with E-state index in [-0.39, 0.29) is 11.7 Å². The Morgan fingerprint density at radius 2 is 2.25 bits per heavy atom. The number of thioether (sulfide) groups is 1. The van der Waals surface area contributed by atoms with Crippen molar-refractivity contribution in [1.82, 2.24) is 25.5 Å². The number of nitrogens with one attached hydrogen (secondary N) is 1. The monoisotopic (exact) mass is 293 g/mol. The lowest BCUT2D eigenvalue weighted by Gasteiger charge is -2.09. The van der Waals surface area contributed by atoms with Crippen LogP contribution in [0.5, 0.6) is 5.75 Å². The van der Waals surface area contributed by atoms with Crippen LogP contribution in [0.3, 0.4) is 0 Å². The number of carbonyl (C=O) groups excluding carboxylic acids is 1. The van der Waals surface area contributed by atoms with Gasteiger partial charge in [-0.05, 0) is 16.5 Å². The van der Waals surface area contributed by atoms with Crippen LogP contribution in [0.4, 0.5) is 0 Å². The van der Waals surface area contributed by atoms with E-state index in [0.717, 1.165) is 11.3 Å². The summed E-state index contributed by atoms with van der Waals surface area (Å²) in [6, 6.07) is 7.57. The largest absolute Gasteiger partial charge is 0.496 e. The molecule has 0 saturated carbocycles. The number of nitrogens with zero attached hydrogens (tertiary/aromatic N) is 4. The normalized spacial score (nSPS) is 10.3. The van der Waals surface area contributed by atoms with Gasteiger partial charge in [-0.2, -0.15) is 0 Å². The molecule has 0 spiro atoms. The quantitative estimate of drug-likeness (QED) is 0.787. The zero-order chi connectivity index (χ0) is 14.4. The summed E-state index contributed by atoms with van der Waals surface area (Å²) in [6.07, 6.45) is 0. The van der Waals surface area contributed by atoms with Crippen molar-refractivity contribution in [1.29, 1.82) is 0 Å². The maximum absolute atomic E-state index is 11.8. The molecule has 1 amide bonds. The molecule has 1 aromatic heterocycles. The summed E-state index contributed by atoms with van der Waals surface area (Å²) < 4.78 is 6.75. The van der Waals surface area contributed by atoms with Crippen LogP contribution >= 0.6 is 11.8 Å². The Kier molecular flexibility index (Phi) is 4.94. The van der Waals surface area contributed by atoms with Gasteiger partial charge in [-0.15, -0.1) is 5.10 Å². The standard InChI is InChI=1S/C12H15N5O2S/c1-17-12(14-15-16-17)20-8-11(18)13-7-9-5-3-4-6-10(9)19-2/h3-6H,7-8H2,1-2H3,(H,13,18). The van der Waals surface area contributed by atoms with Crippen LogP contribution in [-0.4, -0.2) is 39.0 Å². The van der Waals surface area contributed by atoms with Crippen molar-refractivity contribution in [3.8, 4) is 5.75 Å². The zero-order valence-electron chi connectivity index (χ0n) is 11.2. The molecule has 8 heteroatoms. The number of carbonyl (C=O) groups is 1. The van der Waals surface area contributed by atoms with Gasteiger partial charge in [0, 0.05) is 19.2 Å². The lowest BCUT2D eigenvalue weighted by Crippen LogP contribution is -2.25. The Morgan fingerprint density at radius 3 is 2.95 bits per heavy atom. The Hall–Kier alpha value is -2.09. The van der Waals surface area contributed by atoms with E-state index < -0.39 is 0 Å². The van der Waals surface area contributed by atoms with E-state index in [2.05, 4.69) is 20.8 Å². The van der Waals surface area contributed by atoms with E-state index in [0.29, 0.717) is 11.7 Å². The summed E-state index contributed by atoms with van der Waals surface area (Å²) in [5.74, 6) is 0.950. The van der Waals surface area contributed by atoms with Crippen molar-refractivity contribution in [2.24, 2.45) is 7.05 Å². The van der Waals surface area contributed by atoms with E-state index in [1.807, 2.05) is 24.3 Å². The fourth-order valence-electron chi connectivity index (χ4n) is 1.57. The molecule has 0 aliphatic carbocycles. The van der Waals surface area contributed by atoms with Crippen molar-refractivity contribution in [3.63, 3.8) is 0 Å². The Morgan fingerprint density at radius 1 is 1.45 bits per heavy atom. The van der Waals surface area contributed by atoms with Crippen molar-refractivity contribution in [3.05, 3.63) is 29.8 Å². The van der Waals surface area contributed by atoms with Gasteiger partial charge in [0.15, 0.2) is 0 Å². The predicted octanol–water partition coefficient (Wildman–Crippen LogP) is 0.627. The summed E-state index contributed by atoms with van der Waals surface area (Å²) >= 11 is 1.29. The summed E-state index contributed by atoms with van der Waals surface area (Å²) in [4.78, 5) is 11.8. The van der Waals surface area contributed by atoms with Crippen LogP contribution in [0, 0.1) is 0 Å². The average molecular weight is 293 g/mol. The van der Waals surface area contributed by atoms with Gasteiger partial charge < -0.3 is 10.1 Å². The summed E-state index contributed by atoms with van der Waals surface area (Å²) in [6.45, 7) is 0.431. The first-order chi connectivity index (χ1) is 9.70. The molecule has 0 atom stereocenters. The molecule has 7 nitrogen and oxygen atoms in total. The molecule has 106 valence electrons. The number of benzene rings is 1. The molecule has 1 heterocycles. The van der Waals surface area contributed by atoms with Gasteiger partial charge in [-0.1, -0.05) is 30.0 Å². The van der Waals surface area contributed by atoms with Gasteiger partial charge in [-0.3, -0.25) is 4.79 Å². The van der Waals surface area contributed by atoms with Crippen molar-refractivity contribution in [2.45, 2.75) is 11.7 Å². The first-order valence-corrected chi connectivity index (χ1v) is 6.93. The highest BCUT2D eigenvalue weighted by molar-refractivity contribution is 7.99. The number of methoxy groups -OCH3 is 1. The number of amides is 1. The van der Waals surface area contributed by atoms with Crippen LogP contribution in [0.1, 0.15) is 5.56 Å². The second-order valence-corrected chi connectivity index (χ2v) is 4.90. The third-order valence-electron chi connectivity index (χ3n) is 2.58. The highest BCUT2D eigenvalue weighted by Gasteiger charge is 2.08. The molecule has 0 aliphatic rings. The minimum absolute atomic E-state index is 0.0797. The smallest absolute Gasteiger partial charge is 0.230 e. The molecule has 20 heavy (non-hydrogen) atoms. The fourth-order valence-corrected chi connectivity index (χ4v) is 2.25. The number of para-hydroxylation sites is 1. The van der Waals surface area contributed by atoms with E-state index in [9.17, 15) is 4.79 Å². The number of tetrazole rings is 1. The lowest BCUT2D eigenvalue weighted by molar-refractivity contribution is -0.118. The summed E-state index contributed by atoms with van der Waals surface area (Å²) in [7, 11) is 3.34. The van der Waals surface area contributed by atoms with Gasteiger partial charge in [0.05, 0.1) is 12.9 Å². The third kappa shape index (κ3) is 3.70. The molecule has 0 bridgehead atoms. The molecular formula is C12H15N5O2S. The van der Waals surface area contributed by atoms with Crippen molar-refractivity contribution < 1.29 is 9.53 Å². The molecule has 0 aliphatic heterocycles. The predicted molar refractivity (Wildman–Crippen MR) is 74.4 cm³/mol. The number of ether oxygens (including phenoxy) is 1. The summed E-state index contributed by atoms with van der Waals surface area (Å²) in [5.41, 5.74) is 0.939. The molecule has 0 fully saturated rings. The van der Waals surface area contributed by atoms with Crippen LogP contribution in [0.25, 0.3) is 0 Å². The highest BCUT2D eigenvalue weighted by atomic mass is 32.2. The number of hydrogen-bond acceptors (Lipinski definition) is 6. The first-order valence-electron chi connectivity index (χ1n) is 5.94. The number of aryl methyl sites for hydroxylation is 1. The van der Waals surface area contributed by atoms with Gasteiger partial charge in [-0.25, -0.2) is 4.68 Å². The molecular weight excluding hydrogens is 278 g/mol. The molecule has 1 N–H and O–H groups in total. The molecule has 0 saturated heterocycles. The average Bonchev–Trinajstić information content (AvgIpc) is 2.88. The minimum atomic E-state index is -0.0797. The Labute approximate surface area is 120 Å². The van der Waals surface area contributed by atoms with Crippen LogP contribution < -0.4 is 10.1 Å². The molecule has 0 radical (unpaired) electrons. The SMILES string of the molecule is COc1ccccc1CNC(=O)CSc1nnnn1C.